The summed E-state index contributed by atoms with van der Waals surface area (Å²) in [4.78, 5) is 25.8. The van der Waals surface area contributed by atoms with Gasteiger partial charge in [0.05, 0.1) is 16.8 Å². The van der Waals surface area contributed by atoms with Crippen LogP contribution in [-0.2, 0) is 6.61 Å². The molecular formula is C29H20ClN5O2S. The van der Waals surface area contributed by atoms with E-state index in [1.54, 1.807) is 41.9 Å². The van der Waals surface area contributed by atoms with Gasteiger partial charge in [0.2, 0.25) is 0 Å². The van der Waals surface area contributed by atoms with Crippen molar-refractivity contribution in [2.45, 2.75) is 6.61 Å². The summed E-state index contributed by atoms with van der Waals surface area (Å²) in [6.07, 6.45) is 3.40. The number of thiophene rings is 1. The van der Waals surface area contributed by atoms with Crippen LogP contribution in [0.5, 0.6) is 5.75 Å². The number of nitrogens with one attached hydrogen (secondary N) is 1. The van der Waals surface area contributed by atoms with Crippen LogP contribution in [0.2, 0.25) is 5.02 Å². The summed E-state index contributed by atoms with van der Waals surface area (Å²) < 4.78 is 7.34. The van der Waals surface area contributed by atoms with E-state index in [-0.39, 0.29) is 0 Å². The Morgan fingerprint density at radius 3 is 2.74 bits per heavy atom. The summed E-state index contributed by atoms with van der Waals surface area (Å²) in [6.45, 7) is 0.383. The van der Waals surface area contributed by atoms with Crippen molar-refractivity contribution in [1.29, 1.82) is 0 Å². The number of carbonyl (C=O) groups is 1. The summed E-state index contributed by atoms with van der Waals surface area (Å²) in [5, 5.41) is 7.88. The second kappa shape index (κ2) is 10.1. The predicted octanol–water partition coefficient (Wildman–Crippen LogP) is 6.98. The zero-order valence-electron chi connectivity index (χ0n) is 19.9. The second-order valence-electron chi connectivity index (χ2n) is 8.54. The molecule has 3 heterocycles. The topological polar surface area (TPSA) is 103 Å². The number of amides is 1. The molecule has 0 saturated carbocycles. The molecule has 186 valence electrons. The Morgan fingerprint density at radius 2 is 1.89 bits per heavy atom. The summed E-state index contributed by atoms with van der Waals surface area (Å²) in [5.74, 6) is 1.13. The molecule has 0 unspecified atom stereocenters. The Hall–Kier alpha value is -4.53. The third-order valence-corrected chi connectivity index (χ3v) is 7.29. The lowest BCUT2D eigenvalue weighted by Gasteiger charge is -2.14. The molecule has 6 aromatic rings. The van der Waals surface area contributed by atoms with Crippen molar-refractivity contribution in [2.75, 3.05) is 5.32 Å². The quantitative estimate of drug-likeness (QED) is 0.228. The van der Waals surface area contributed by atoms with Crippen LogP contribution in [0.4, 0.5) is 11.5 Å². The van der Waals surface area contributed by atoms with E-state index in [9.17, 15) is 4.79 Å². The molecule has 7 nitrogen and oxygen atoms in total. The molecule has 0 saturated heterocycles. The number of hydrogen-bond donors (Lipinski definition) is 2. The molecule has 9 heteroatoms. The number of carbonyl (C=O) groups excluding carboxylic acids is 1. The Bertz CT molecular complexity index is 1810. The average molecular weight is 538 g/mol. The molecule has 0 spiro atoms. The highest BCUT2D eigenvalue weighted by molar-refractivity contribution is 7.17. The Kier molecular flexibility index (Phi) is 6.33. The van der Waals surface area contributed by atoms with Gasteiger partial charge >= 0.3 is 0 Å². The molecule has 0 bridgehead atoms. The standard InChI is InChI=1S/C29H20ClN5O2S/c30-19-7-10-26-22(12-19)18(16-38-26)15-37-20-8-9-25-23(13-20)29(34-24-6-2-1-5-21(24)27(31)36)35-28(33-25)17-4-3-11-32-14-17/h1-14,16H,15H2,(H2,31,36)(H,33,34,35). The van der Waals surface area contributed by atoms with E-state index in [4.69, 9.17) is 32.0 Å². The molecule has 0 radical (unpaired) electrons. The van der Waals surface area contributed by atoms with E-state index in [1.165, 1.54) is 0 Å². The third-order valence-electron chi connectivity index (χ3n) is 6.04. The van der Waals surface area contributed by atoms with Gasteiger partial charge < -0.3 is 15.8 Å². The lowest BCUT2D eigenvalue weighted by atomic mass is 10.1. The maximum Gasteiger partial charge on any atom is 0.250 e. The second-order valence-corrected chi connectivity index (χ2v) is 9.89. The number of anilines is 2. The van der Waals surface area contributed by atoms with Crippen molar-refractivity contribution in [1.82, 2.24) is 15.0 Å². The molecule has 3 aromatic carbocycles. The number of rotatable bonds is 7. The van der Waals surface area contributed by atoms with Crippen molar-refractivity contribution in [3.8, 4) is 17.1 Å². The summed E-state index contributed by atoms with van der Waals surface area (Å²) >= 11 is 7.87. The first-order valence-corrected chi connectivity index (χ1v) is 13.0. The number of hydrogen-bond acceptors (Lipinski definition) is 7. The van der Waals surface area contributed by atoms with Crippen molar-refractivity contribution in [2.24, 2.45) is 5.73 Å². The molecule has 3 aromatic heterocycles. The highest BCUT2D eigenvalue weighted by Crippen LogP contribution is 2.33. The van der Waals surface area contributed by atoms with E-state index in [0.717, 1.165) is 26.6 Å². The molecule has 0 aliphatic carbocycles. The van der Waals surface area contributed by atoms with Gasteiger partial charge in [-0.2, -0.15) is 0 Å². The highest BCUT2D eigenvalue weighted by Gasteiger charge is 2.15. The van der Waals surface area contributed by atoms with Gasteiger partial charge in [-0.25, -0.2) is 9.97 Å². The summed E-state index contributed by atoms with van der Waals surface area (Å²) in [7, 11) is 0. The molecule has 3 N–H and O–H groups in total. The normalized spacial score (nSPS) is 11.1. The first-order chi connectivity index (χ1) is 18.5. The number of ether oxygens (including phenoxy) is 1. The van der Waals surface area contributed by atoms with E-state index >= 15 is 0 Å². The number of fused-ring (bicyclic) bond motifs is 2. The highest BCUT2D eigenvalue weighted by atomic mass is 35.5. The van der Waals surface area contributed by atoms with Crippen molar-refractivity contribution in [3.63, 3.8) is 0 Å². The van der Waals surface area contributed by atoms with Crippen LogP contribution in [-0.4, -0.2) is 20.9 Å². The molecule has 0 aliphatic heterocycles. The van der Waals surface area contributed by atoms with Gasteiger partial charge in [0.15, 0.2) is 5.82 Å². The minimum absolute atomic E-state index is 0.359. The van der Waals surface area contributed by atoms with E-state index in [1.807, 2.05) is 54.6 Å². The average Bonchev–Trinajstić information content (AvgIpc) is 3.34. The summed E-state index contributed by atoms with van der Waals surface area (Å²) in [6, 6.07) is 22.3. The lowest BCUT2D eigenvalue weighted by molar-refractivity contribution is 0.100. The van der Waals surface area contributed by atoms with E-state index in [2.05, 4.69) is 15.7 Å². The smallest absolute Gasteiger partial charge is 0.250 e. The first-order valence-electron chi connectivity index (χ1n) is 11.7. The van der Waals surface area contributed by atoms with E-state index < -0.39 is 5.91 Å². The fourth-order valence-electron chi connectivity index (χ4n) is 4.18. The predicted molar refractivity (Wildman–Crippen MR) is 152 cm³/mol. The zero-order valence-corrected chi connectivity index (χ0v) is 21.5. The van der Waals surface area contributed by atoms with Gasteiger partial charge in [0.1, 0.15) is 18.2 Å². The van der Waals surface area contributed by atoms with Crippen molar-refractivity contribution in [3.05, 3.63) is 107 Å². The Labute approximate surface area is 226 Å². The van der Waals surface area contributed by atoms with Crippen LogP contribution in [0.15, 0.2) is 90.6 Å². The van der Waals surface area contributed by atoms with Gasteiger partial charge in [-0.05, 0) is 66.0 Å². The maximum atomic E-state index is 12.0. The molecular weight excluding hydrogens is 518 g/mol. The number of aromatic nitrogens is 3. The van der Waals surface area contributed by atoms with Crippen molar-refractivity contribution >= 4 is 61.3 Å². The number of halogens is 1. The van der Waals surface area contributed by atoms with Gasteiger partial charge in [-0.3, -0.25) is 9.78 Å². The molecule has 0 fully saturated rings. The van der Waals surface area contributed by atoms with Gasteiger partial charge in [0, 0.05) is 44.0 Å². The molecule has 38 heavy (non-hydrogen) atoms. The minimum atomic E-state index is -0.536. The Morgan fingerprint density at radius 1 is 1.00 bits per heavy atom. The summed E-state index contributed by atoms with van der Waals surface area (Å²) in [5.41, 5.74) is 9.05. The van der Waals surface area contributed by atoms with Crippen LogP contribution in [0.25, 0.3) is 32.4 Å². The van der Waals surface area contributed by atoms with Crippen LogP contribution < -0.4 is 15.8 Å². The number of primary amides is 1. The SMILES string of the molecule is NC(=O)c1ccccc1Nc1nc(-c2cccnc2)nc2ccc(OCc3csc4ccc(Cl)cc34)cc12. The monoisotopic (exact) mass is 537 g/mol. The van der Waals surface area contributed by atoms with Crippen LogP contribution in [0, 0.1) is 0 Å². The Balaban J connectivity index is 1.40. The molecule has 0 atom stereocenters. The first kappa shape index (κ1) is 23.8. The largest absolute Gasteiger partial charge is 0.489 e. The number of pyridine rings is 1. The van der Waals surface area contributed by atoms with Crippen LogP contribution in [0.1, 0.15) is 15.9 Å². The lowest BCUT2D eigenvalue weighted by Crippen LogP contribution is -2.13. The number of nitrogens with zero attached hydrogens (tertiary/aromatic N) is 3. The van der Waals surface area contributed by atoms with Crippen molar-refractivity contribution < 1.29 is 9.53 Å². The fourth-order valence-corrected chi connectivity index (χ4v) is 5.28. The molecule has 0 aliphatic rings. The van der Waals surface area contributed by atoms with E-state index in [0.29, 0.717) is 45.8 Å². The maximum absolute atomic E-state index is 12.0. The molecule has 6 rings (SSSR count). The van der Waals surface area contributed by atoms with Crippen LogP contribution >= 0.6 is 22.9 Å². The zero-order chi connectivity index (χ0) is 26.1. The molecule has 1 amide bonds. The number of benzene rings is 3. The fraction of sp³-hybridized carbons (Fsp3) is 0.0345. The third kappa shape index (κ3) is 4.74. The van der Waals surface area contributed by atoms with Gasteiger partial charge in [-0.15, -0.1) is 11.3 Å². The van der Waals surface area contributed by atoms with Crippen LogP contribution in [0.3, 0.4) is 0 Å². The van der Waals surface area contributed by atoms with Gasteiger partial charge in [-0.1, -0.05) is 23.7 Å². The minimum Gasteiger partial charge on any atom is -0.489 e. The number of para-hydroxylation sites is 1. The number of nitrogens with two attached hydrogens (primary N) is 1. The van der Waals surface area contributed by atoms with Gasteiger partial charge in [0.25, 0.3) is 5.91 Å².